The van der Waals surface area contributed by atoms with Crippen molar-refractivity contribution in [3.63, 3.8) is 0 Å². The Hall–Kier alpha value is -3.75. The molecule has 4 aromatic rings. The minimum Gasteiger partial charge on any atom is -0.494 e. The van der Waals surface area contributed by atoms with E-state index >= 15 is 0 Å². The lowest BCUT2D eigenvalue weighted by molar-refractivity contribution is 0.340. The van der Waals surface area contributed by atoms with Crippen LogP contribution in [0.1, 0.15) is 29.5 Å². The summed E-state index contributed by atoms with van der Waals surface area (Å²) < 4.78 is 15.0. The molecule has 0 fully saturated rings. The van der Waals surface area contributed by atoms with Crippen molar-refractivity contribution >= 4 is 0 Å². The molecule has 3 aromatic heterocycles. The van der Waals surface area contributed by atoms with Gasteiger partial charge in [-0.15, -0.1) is 0 Å². The largest absolute Gasteiger partial charge is 0.494 e. The molecule has 0 aliphatic rings. The quantitative estimate of drug-likeness (QED) is 0.504. The molecule has 0 atom stereocenters. The minimum atomic E-state index is -0.349. The van der Waals surface area contributed by atoms with Gasteiger partial charge in [-0.25, -0.2) is 9.36 Å². The van der Waals surface area contributed by atoms with Crippen LogP contribution >= 0.6 is 0 Å². The summed E-state index contributed by atoms with van der Waals surface area (Å²) in [5.74, 6) is 1.36. The second-order valence-corrected chi connectivity index (χ2v) is 7.01. The Morgan fingerprint density at radius 2 is 1.90 bits per heavy atom. The Kier molecular flexibility index (Phi) is 5.18. The molecule has 9 heteroatoms. The molecule has 3 heterocycles. The van der Waals surface area contributed by atoms with E-state index in [1.54, 1.807) is 17.1 Å². The van der Waals surface area contributed by atoms with Gasteiger partial charge in [0.1, 0.15) is 11.5 Å². The van der Waals surface area contributed by atoms with Gasteiger partial charge in [0.15, 0.2) is 0 Å². The summed E-state index contributed by atoms with van der Waals surface area (Å²) in [5, 5.41) is 18.6. The van der Waals surface area contributed by atoms with Crippen molar-refractivity contribution in [3.8, 4) is 17.3 Å². The SMILES string of the molecule is CCOc1ccc(Cn2cc(O)n(-c3cnn(Cc4c(C)noc4C)c3)c2=O)cc1. The van der Waals surface area contributed by atoms with Crippen LogP contribution in [0.3, 0.4) is 0 Å². The van der Waals surface area contributed by atoms with E-state index in [1.165, 1.54) is 15.3 Å². The molecule has 0 aliphatic heterocycles. The number of ether oxygens (including phenoxy) is 1. The van der Waals surface area contributed by atoms with Gasteiger partial charge in [-0.05, 0) is 38.5 Å². The molecular weight excluding hydrogens is 386 g/mol. The minimum absolute atomic E-state index is 0.150. The first-order chi connectivity index (χ1) is 14.5. The number of rotatable bonds is 7. The van der Waals surface area contributed by atoms with Gasteiger partial charge in [0.2, 0.25) is 5.88 Å². The van der Waals surface area contributed by atoms with Crippen molar-refractivity contribution in [2.45, 2.75) is 33.9 Å². The summed E-state index contributed by atoms with van der Waals surface area (Å²) in [5.41, 5.74) is 2.79. The molecule has 0 unspecified atom stereocenters. The second kappa shape index (κ2) is 7.94. The zero-order chi connectivity index (χ0) is 21.3. The van der Waals surface area contributed by atoms with Crippen molar-refractivity contribution in [3.05, 3.63) is 75.9 Å². The van der Waals surface area contributed by atoms with E-state index in [9.17, 15) is 9.90 Å². The van der Waals surface area contributed by atoms with Crippen LogP contribution in [0.2, 0.25) is 0 Å². The fraction of sp³-hybridized carbons (Fsp3) is 0.286. The maximum Gasteiger partial charge on any atom is 0.336 e. The number of hydrogen-bond acceptors (Lipinski definition) is 6. The first-order valence-electron chi connectivity index (χ1n) is 9.63. The van der Waals surface area contributed by atoms with Crippen LogP contribution in [0, 0.1) is 13.8 Å². The van der Waals surface area contributed by atoms with Crippen LogP contribution in [0.4, 0.5) is 0 Å². The summed E-state index contributed by atoms with van der Waals surface area (Å²) in [6.45, 7) is 7.03. The number of benzene rings is 1. The molecule has 0 spiro atoms. The van der Waals surface area contributed by atoms with Gasteiger partial charge in [-0.1, -0.05) is 17.3 Å². The van der Waals surface area contributed by atoms with E-state index in [4.69, 9.17) is 9.26 Å². The van der Waals surface area contributed by atoms with Crippen LogP contribution in [0.15, 0.2) is 52.2 Å². The molecule has 4 rings (SSSR count). The summed E-state index contributed by atoms with van der Waals surface area (Å²) in [6, 6.07) is 7.51. The Labute approximate surface area is 172 Å². The normalized spacial score (nSPS) is 11.2. The van der Waals surface area contributed by atoms with Crippen LogP contribution in [-0.2, 0) is 13.1 Å². The fourth-order valence-electron chi connectivity index (χ4n) is 3.33. The van der Waals surface area contributed by atoms with Crippen molar-refractivity contribution in [2.75, 3.05) is 6.61 Å². The monoisotopic (exact) mass is 409 g/mol. The molecule has 0 amide bonds. The summed E-state index contributed by atoms with van der Waals surface area (Å²) >= 11 is 0. The second-order valence-electron chi connectivity index (χ2n) is 7.01. The molecule has 0 radical (unpaired) electrons. The topological polar surface area (TPSA) is 100 Å². The van der Waals surface area contributed by atoms with E-state index in [0.29, 0.717) is 25.4 Å². The van der Waals surface area contributed by atoms with Crippen molar-refractivity contribution in [1.82, 2.24) is 24.1 Å². The lowest BCUT2D eigenvalue weighted by Gasteiger charge is -2.05. The Bertz CT molecular complexity index is 1190. The number of aryl methyl sites for hydroxylation is 2. The third kappa shape index (κ3) is 3.73. The maximum atomic E-state index is 12.9. The lowest BCUT2D eigenvalue weighted by atomic mass is 10.2. The van der Waals surface area contributed by atoms with Crippen LogP contribution in [-0.4, -0.2) is 35.8 Å². The van der Waals surface area contributed by atoms with Crippen LogP contribution in [0.25, 0.3) is 5.69 Å². The number of hydrogen-bond donors (Lipinski definition) is 1. The highest BCUT2D eigenvalue weighted by molar-refractivity contribution is 5.33. The van der Waals surface area contributed by atoms with E-state index < -0.39 is 0 Å². The highest BCUT2D eigenvalue weighted by Crippen LogP contribution is 2.18. The molecule has 30 heavy (non-hydrogen) atoms. The van der Waals surface area contributed by atoms with E-state index in [2.05, 4.69) is 10.3 Å². The first kappa shape index (κ1) is 19.6. The average Bonchev–Trinajstić information content (AvgIpc) is 3.38. The molecule has 0 bridgehead atoms. The van der Waals surface area contributed by atoms with Crippen molar-refractivity contribution < 1.29 is 14.4 Å². The molecule has 0 saturated heterocycles. The molecule has 1 aromatic carbocycles. The molecule has 1 N–H and O–H groups in total. The summed E-state index contributed by atoms with van der Waals surface area (Å²) in [4.78, 5) is 12.9. The molecular formula is C21H23N5O4. The molecule has 0 saturated carbocycles. The Balaban J connectivity index is 1.57. The molecule has 9 nitrogen and oxygen atoms in total. The zero-order valence-electron chi connectivity index (χ0n) is 17.1. The van der Waals surface area contributed by atoms with Gasteiger partial charge >= 0.3 is 5.69 Å². The summed E-state index contributed by atoms with van der Waals surface area (Å²) in [7, 11) is 0. The fourth-order valence-corrected chi connectivity index (χ4v) is 3.33. The zero-order valence-corrected chi connectivity index (χ0v) is 17.1. The highest BCUT2D eigenvalue weighted by Gasteiger charge is 2.16. The van der Waals surface area contributed by atoms with Crippen molar-refractivity contribution in [1.29, 1.82) is 0 Å². The van der Waals surface area contributed by atoms with Gasteiger partial charge in [0.25, 0.3) is 0 Å². The number of imidazole rings is 1. The predicted octanol–water partition coefficient (Wildman–Crippen LogP) is 2.64. The van der Waals surface area contributed by atoms with Gasteiger partial charge in [0, 0.05) is 11.8 Å². The van der Waals surface area contributed by atoms with E-state index in [-0.39, 0.29) is 11.6 Å². The molecule has 0 aliphatic carbocycles. The molecule has 156 valence electrons. The summed E-state index contributed by atoms with van der Waals surface area (Å²) in [6.07, 6.45) is 4.67. The van der Waals surface area contributed by atoms with Gasteiger partial charge < -0.3 is 14.4 Å². The van der Waals surface area contributed by atoms with E-state index in [0.717, 1.165) is 28.3 Å². The van der Waals surface area contributed by atoms with E-state index in [1.807, 2.05) is 45.0 Å². The first-order valence-corrected chi connectivity index (χ1v) is 9.63. The Morgan fingerprint density at radius 3 is 2.57 bits per heavy atom. The lowest BCUT2D eigenvalue weighted by Crippen LogP contribution is -2.23. The number of aromatic hydroxyl groups is 1. The third-order valence-electron chi connectivity index (χ3n) is 4.90. The van der Waals surface area contributed by atoms with Gasteiger partial charge in [-0.2, -0.15) is 5.10 Å². The van der Waals surface area contributed by atoms with Gasteiger partial charge in [0.05, 0.1) is 43.5 Å². The van der Waals surface area contributed by atoms with Crippen LogP contribution in [0.5, 0.6) is 11.6 Å². The van der Waals surface area contributed by atoms with Crippen molar-refractivity contribution in [2.24, 2.45) is 0 Å². The maximum absolute atomic E-state index is 12.9. The van der Waals surface area contributed by atoms with Crippen LogP contribution < -0.4 is 10.4 Å². The smallest absolute Gasteiger partial charge is 0.336 e. The average molecular weight is 409 g/mol. The highest BCUT2D eigenvalue weighted by atomic mass is 16.5. The van der Waals surface area contributed by atoms with Gasteiger partial charge in [-0.3, -0.25) is 9.25 Å². The third-order valence-corrected chi connectivity index (χ3v) is 4.90. The predicted molar refractivity (Wildman–Crippen MR) is 109 cm³/mol. The standard InChI is InChI=1S/C21H23N5O4/c1-4-29-18-7-5-16(6-8-18)10-24-13-20(27)26(21(24)28)17-9-22-25(11-17)12-19-14(2)23-30-15(19)3/h5-9,11,13,27H,4,10,12H2,1-3H3. The number of aromatic nitrogens is 5. The Morgan fingerprint density at radius 1 is 1.13 bits per heavy atom. The number of nitrogens with zero attached hydrogens (tertiary/aromatic N) is 5.